The van der Waals surface area contributed by atoms with Crippen LogP contribution in [0.4, 0.5) is 0 Å². The lowest BCUT2D eigenvalue weighted by Crippen LogP contribution is -2.10. The van der Waals surface area contributed by atoms with Crippen molar-refractivity contribution in [3.63, 3.8) is 0 Å². The summed E-state index contributed by atoms with van der Waals surface area (Å²) in [5, 5.41) is 14.7. The molecule has 0 aliphatic heterocycles. The average Bonchev–Trinajstić information content (AvgIpc) is 3.30. The highest BCUT2D eigenvalue weighted by Gasteiger charge is 2.21. The highest BCUT2D eigenvalue weighted by molar-refractivity contribution is 7.71. The SMILES string of the molecule is CCn1c2ccccc2c2cc(C=Nn3c(C4CCCCC4)n[nH]c3=S)ccc21. The maximum atomic E-state index is 5.44. The van der Waals surface area contributed by atoms with Crippen LogP contribution in [0.5, 0.6) is 0 Å². The van der Waals surface area contributed by atoms with Crippen molar-refractivity contribution in [1.82, 2.24) is 19.4 Å². The van der Waals surface area contributed by atoms with E-state index >= 15 is 0 Å². The van der Waals surface area contributed by atoms with Crippen LogP contribution in [0.2, 0.25) is 0 Å². The zero-order chi connectivity index (χ0) is 19.8. The van der Waals surface area contributed by atoms with Gasteiger partial charge in [0.2, 0.25) is 4.77 Å². The van der Waals surface area contributed by atoms with Crippen molar-refractivity contribution in [3.05, 3.63) is 58.6 Å². The van der Waals surface area contributed by atoms with Crippen LogP contribution in [0, 0.1) is 4.77 Å². The van der Waals surface area contributed by atoms with E-state index in [0.29, 0.717) is 10.7 Å². The summed E-state index contributed by atoms with van der Waals surface area (Å²) in [6.45, 7) is 3.14. The Balaban J connectivity index is 1.54. The quantitative estimate of drug-likeness (QED) is 0.336. The Morgan fingerprint density at radius 1 is 1.10 bits per heavy atom. The molecule has 2 aromatic heterocycles. The van der Waals surface area contributed by atoms with Crippen molar-refractivity contribution in [2.24, 2.45) is 5.10 Å². The van der Waals surface area contributed by atoms with Gasteiger partial charge in [-0.05, 0) is 55.7 Å². The van der Waals surface area contributed by atoms with Gasteiger partial charge in [0.1, 0.15) is 0 Å². The highest BCUT2D eigenvalue weighted by atomic mass is 32.1. The van der Waals surface area contributed by atoms with E-state index < -0.39 is 0 Å². The third-order valence-electron chi connectivity index (χ3n) is 6.08. The first-order valence-corrected chi connectivity index (χ1v) is 10.9. The number of rotatable bonds is 4. The summed E-state index contributed by atoms with van der Waals surface area (Å²) < 4.78 is 4.73. The molecular weight excluding hydrogens is 378 g/mol. The van der Waals surface area contributed by atoms with Crippen LogP contribution in [0.3, 0.4) is 0 Å². The molecule has 0 bridgehead atoms. The summed E-state index contributed by atoms with van der Waals surface area (Å²) in [4.78, 5) is 0. The molecule has 29 heavy (non-hydrogen) atoms. The van der Waals surface area contributed by atoms with Gasteiger partial charge in [-0.2, -0.15) is 14.9 Å². The molecule has 1 aliphatic carbocycles. The second-order valence-electron chi connectivity index (χ2n) is 7.82. The molecule has 0 spiro atoms. The predicted octanol–water partition coefficient (Wildman–Crippen LogP) is 6.00. The molecule has 1 saturated carbocycles. The third-order valence-corrected chi connectivity index (χ3v) is 6.34. The molecule has 6 heteroatoms. The summed E-state index contributed by atoms with van der Waals surface area (Å²) in [7, 11) is 0. The topological polar surface area (TPSA) is 50.9 Å². The number of aromatic nitrogens is 4. The molecule has 1 N–H and O–H groups in total. The van der Waals surface area contributed by atoms with Gasteiger partial charge in [-0.25, -0.2) is 0 Å². The van der Waals surface area contributed by atoms with E-state index in [4.69, 9.17) is 17.3 Å². The maximum absolute atomic E-state index is 5.44. The molecule has 0 unspecified atom stereocenters. The first-order valence-electron chi connectivity index (χ1n) is 10.5. The number of nitrogens with one attached hydrogen (secondary N) is 1. The van der Waals surface area contributed by atoms with Crippen molar-refractivity contribution in [2.75, 3.05) is 0 Å². The van der Waals surface area contributed by atoms with Crippen LogP contribution >= 0.6 is 12.2 Å². The number of fused-ring (bicyclic) bond motifs is 3. The van der Waals surface area contributed by atoms with Gasteiger partial charge in [-0.15, -0.1) is 0 Å². The summed E-state index contributed by atoms with van der Waals surface area (Å²) >= 11 is 5.44. The Morgan fingerprint density at radius 3 is 2.72 bits per heavy atom. The summed E-state index contributed by atoms with van der Waals surface area (Å²) in [5.74, 6) is 1.41. The molecule has 0 radical (unpaired) electrons. The van der Waals surface area contributed by atoms with Crippen molar-refractivity contribution in [1.29, 1.82) is 0 Å². The molecule has 0 saturated heterocycles. The Morgan fingerprint density at radius 2 is 1.90 bits per heavy atom. The number of aryl methyl sites for hydroxylation is 1. The molecule has 0 amide bonds. The van der Waals surface area contributed by atoms with Gasteiger partial charge in [-0.1, -0.05) is 43.5 Å². The van der Waals surface area contributed by atoms with E-state index in [9.17, 15) is 0 Å². The molecule has 2 heterocycles. The van der Waals surface area contributed by atoms with Crippen LogP contribution in [0.25, 0.3) is 21.8 Å². The second kappa shape index (κ2) is 7.59. The first kappa shape index (κ1) is 18.3. The van der Waals surface area contributed by atoms with Gasteiger partial charge in [0.25, 0.3) is 0 Å². The fourth-order valence-corrected chi connectivity index (χ4v) is 4.84. The smallest absolute Gasteiger partial charge is 0.216 e. The number of benzene rings is 2. The zero-order valence-corrected chi connectivity index (χ0v) is 17.5. The van der Waals surface area contributed by atoms with E-state index in [2.05, 4.69) is 64.2 Å². The van der Waals surface area contributed by atoms with Gasteiger partial charge in [0.15, 0.2) is 5.82 Å². The molecule has 1 aliphatic rings. The van der Waals surface area contributed by atoms with Gasteiger partial charge >= 0.3 is 0 Å². The third kappa shape index (κ3) is 3.21. The number of hydrogen-bond donors (Lipinski definition) is 1. The number of para-hydroxylation sites is 1. The van der Waals surface area contributed by atoms with Crippen LogP contribution in [-0.2, 0) is 6.54 Å². The molecule has 1 fully saturated rings. The minimum absolute atomic E-state index is 0.443. The molecule has 2 aromatic carbocycles. The highest BCUT2D eigenvalue weighted by Crippen LogP contribution is 2.32. The largest absolute Gasteiger partial charge is 0.341 e. The Bertz CT molecular complexity index is 1250. The normalized spacial score (nSPS) is 15.8. The predicted molar refractivity (Wildman–Crippen MR) is 121 cm³/mol. The fraction of sp³-hybridized carbons (Fsp3) is 0.348. The van der Waals surface area contributed by atoms with E-state index in [1.807, 2.05) is 10.9 Å². The molecule has 5 rings (SSSR count). The standard InChI is InChI=1S/C23H25N5S/c1-2-27-20-11-7-6-10-18(20)19-14-16(12-13-21(19)27)15-24-28-22(25-26-23(28)29)17-8-4-3-5-9-17/h6-7,10-15,17H,2-5,8-9H2,1H3,(H,26,29). The van der Waals surface area contributed by atoms with E-state index in [0.717, 1.165) is 30.8 Å². The minimum Gasteiger partial charge on any atom is -0.341 e. The van der Waals surface area contributed by atoms with Gasteiger partial charge in [-0.3, -0.25) is 5.10 Å². The average molecular weight is 404 g/mol. The van der Waals surface area contributed by atoms with Crippen molar-refractivity contribution >= 4 is 40.2 Å². The molecule has 4 aromatic rings. The molecule has 0 atom stereocenters. The molecule has 5 nitrogen and oxygen atoms in total. The number of hydrogen-bond acceptors (Lipinski definition) is 3. The maximum Gasteiger partial charge on any atom is 0.216 e. The van der Waals surface area contributed by atoms with Gasteiger partial charge < -0.3 is 4.57 Å². The van der Waals surface area contributed by atoms with E-state index in [1.165, 1.54) is 41.1 Å². The summed E-state index contributed by atoms with van der Waals surface area (Å²) in [6, 6.07) is 15.1. The zero-order valence-electron chi connectivity index (χ0n) is 16.6. The van der Waals surface area contributed by atoms with Crippen LogP contribution in [0.15, 0.2) is 47.6 Å². The van der Waals surface area contributed by atoms with Crippen LogP contribution in [0.1, 0.15) is 56.3 Å². The van der Waals surface area contributed by atoms with E-state index in [-0.39, 0.29) is 0 Å². The fourth-order valence-electron chi connectivity index (χ4n) is 4.66. The minimum atomic E-state index is 0.443. The van der Waals surface area contributed by atoms with Crippen LogP contribution in [-0.4, -0.2) is 25.7 Å². The lowest BCUT2D eigenvalue weighted by atomic mass is 9.89. The van der Waals surface area contributed by atoms with Gasteiger partial charge in [0, 0.05) is 34.3 Å². The summed E-state index contributed by atoms with van der Waals surface area (Å²) in [5.41, 5.74) is 3.60. The van der Waals surface area contributed by atoms with Crippen molar-refractivity contribution in [2.45, 2.75) is 51.5 Å². The van der Waals surface area contributed by atoms with Crippen molar-refractivity contribution in [3.8, 4) is 0 Å². The Labute approximate surface area is 175 Å². The monoisotopic (exact) mass is 403 g/mol. The number of H-pyrrole nitrogens is 1. The molecular formula is C23H25N5S. The van der Waals surface area contributed by atoms with Crippen molar-refractivity contribution < 1.29 is 0 Å². The summed E-state index contributed by atoms with van der Waals surface area (Å²) in [6.07, 6.45) is 8.05. The van der Waals surface area contributed by atoms with E-state index in [1.54, 1.807) is 0 Å². The number of aromatic amines is 1. The second-order valence-corrected chi connectivity index (χ2v) is 8.20. The molecule has 148 valence electrons. The Hall–Kier alpha value is -2.73. The van der Waals surface area contributed by atoms with Crippen LogP contribution < -0.4 is 0 Å². The Kier molecular flexibility index (Phi) is 4.79. The first-order chi connectivity index (χ1) is 14.3. The lowest BCUT2D eigenvalue weighted by molar-refractivity contribution is 0.419. The number of nitrogens with zero attached hydrogens (tertiary/aromatic N) is 4. The lowest BCUT2D eigenvalue weighted by Gasteiger charge is -2.19. The van der Waals surface area contributed by atoms with Gasteiger partial charge in [0.05, 0.1) is 6.21 Å².